The van der Waals surface area contributed by atoms with Gasteiger partial charge in [0.1, 0.15) is 13.2 Å². The molecular weight excluding hydrogens is 781 g/mol. The van der Waals surface area contributed by atoms with E-state index in [-0.39, 0.29) is 44.0 Å². The highest BCUT2D eigenvalue weighted by atomic mass is 16.6. The van der Waals surface area contributed by atoms with Gasteiger partial charge in [0.25, 0.3) is 0 Å². The van der Waals surface area contributed by atoms with Crippen LogP contribution in [0.1, 0.15) is 201 Å². The van der Waals surface area contributed by atoms with Gasteiger partial charge in [-0.3, -0.25) is 14.4 Å². The van der Waals surface area contributed by atoms with Crippen LogP contribution in [-0.4, -0.2) is 37.2 Å². The predicted molar refractivity (Wildman–Crippen MR) is 269 cm³/mol. The summed E-state index contributed by atoms with van der Waals surface area (Å²) in [5.41, 5.74) is 0. The van der Waals surface area contributed by atoms with Gasteiger partial charge < -0.3 is 14.2 Å². The van der Waals surface area contributed by atoms with Crippen molar-refractivity contribution in [3.63, 3.8) is 0 Å². The minimum absolute atomic E-state index is 0.122. The highest BCUT2D eigenvalue weighted by Gasteiger charge is 2.19. The molecular formula is C57H90O6. The average Bonchev–Trinajstić information content (AvgIpc) is 3.28. The fraction of sp³-hybridized carbons (Fsp3) is 0.596. The van der Waals surface area contributed by atoms with E-state index in [4.69, 9.17) is 14.2 Å². The molecule has 0 fully saturated rings. The topological polar surface area (TPSA) is 78.9 Å². The van der Waals surface area contributed by atoms with Crippen molar-refractivity contribution in [1.82, 2.24) is 0 Å². The Morgan fingerprint density at radius 1 is 0.349 bits per heavy atom. The molecule has 0 bridgehead atoms. The SMILES string of the molecule is CC/C=C/C/C=C/C/C=C/CCCCCCC(=O)OC(COC(=O)CC/C=C/C/C=C/CCCCCCCC)COC(=O)CCCCCCC/C=C/C=C/C=C/C=C/C=C/CCC. The largest absolute Gasteiger partial charge is 0.462 e. The quantitative estimate of drug-likeness (QED) is 0.0200. The molecule has 0 aromatic heterocycles. The van der Waals surface area contributed by atoms with E-state index < -0.39 is 6.10 Å². The molecule has 0 N–H and O–H groups in total. The van der Waals surface area contributed by atoms with Crippen LogP contribution in [0.5, 0.6) is 0 Å². The summed E-state index contributed by atoms with van der Waals surface area (Å²) in [5.74, 6) is -1.05. The van der Waals surface area contributed by atoms with Crippen molar-refractivity contribution in [2.24, 2.45) is 0 Å². The second-order valence-electron chi connectivity index (χ2n) is 16.1. The second-order valence-corrected chi connectivity index (χ2v) is 16.1. The Hall–Kier alpha value is -4.19. The number of unbranched alkanes of at least 4 members (excludes halogenated alkanes) is 16. The van der Waals surface area contributed by atoms with Gasteiger partial charge >= 0.3 is 17.9 Å². The lowest BCUT2D eigenvalue weighted by Gasteiger charge is -2.18. The van der Waals surface area contributed by atoms with Crippen LogP contribution >= 0.6 is 0 Å². The molecule has 6 nitrogen and oxygen atoms in total. The maximum atomic E-state index is 12.8. The molecule has 0 aliphatic carbocycles. The van der Waals surface area contributed by atoms with Crippen LogP contribution < -0.4 is 0 Å². The number of allylic oxidation sites excluding steroid dienone is 20. The molecule has 0 aromatic rings. The van der Waals surface area contributed by atoms with E-state index in [0.29, 0.717) is 12.8 Å². The molecule has 0 radical (unpaired) electrons. The van der Waals surface area contributed by atoms with E-state index in [1.54, 1.807) is 0 Å². The predicted octanol–water partition coefficient (Wildman–Crippen LogP) is 16.5. The van der Waals surface area contributed by atoms with Crippen molar-refractivity contribution < 1.29 is 28.6 Å². The summed E-state index contributed by atoms with van der Waals surface area (Å²) in [7, 11) is 0. The highest BCUT2D eigenvalue weighted by Crippen LogP contribution is 2.12. The van der Waals surface area contributed by atoms with E-state index in [0.717, 1.165) is 109 Å². The molecule has 0 amide bonds. The van der Waals surface area contributed by atoms with E-state index in [1.807, 2.05) is 42.5 Å². The Morgan fingerprint density at radius 2 is 0.746 bits per heavy atom. The zero-order valence-electron chi connectivity index (χ0n) is 40.3. The molecule has 1 atom stereocenters. The van der Waals surface area contributed by atoms with E-state index >= 15 is 0 Å². The lowest BCUT2D eigenvalue weighted by atomic mass is 10.1. The minimum Gasteiger partial charge on any atom is -0.462 e. The van der Waals surface area contributed by atoms with Crippen molar-refractivity contribution in [2.45, 2.75) is 207 Å². The van der Waals surface area contributed by atoms with Crippen LogP contribution in [-0.2, 0) is 28.6 Å². The molecule has 0 heterocycles. The van der Waals surface area contributed by atoms with Crippen molar-refractivity contribution in [1.29, 1.82) is 0 Å². The number of hydrogen-bond acceptors (Lipinski definition) is 6. The monoisotopic (exact) mass is 871 g/mol. The fourth-order valence-electron chi connectivity index (χ4n) is 6.30. The first kappa shape index (κ1) is 58.8. The first-order valence-corrected chi connectivity index (χ1v) is 25.1. The zero-order chi connectivity index (χ0) is 45.8. The molecule has 0 rings (SSSR count). The Morgan fingerprint density at radius 3 is 1.27 bits per heavy atom. The van der Waals surface area contributed by atoms with Crippen LogP contribution in [0.15, 0.2) is 122 Å². The van der Waals surface area contributed by atoms with Crippen LogP contribution in [0.3, 0.4) is 0 Å². The van der Waals surface area contributed by atoms with Gasteiger partial charge in [-0.15, -0.1) is 0 Å². The Bertz CT molecular complexity index is 1370. The third-order valence-corrected chi connectivity index (χ3v) is 10.0. The van der Waals surface area contributed by atoms with Gasteiger partial charge in [0.2, 0.25) is 0 Å². The van der Waals surface area contributed by atoms with Gasteiger partial charge in [-0.25, -0.2) is 0 Å². The Labute approximate surface area is 386 Å². The normalized spacial score (nSPS) is 13.1. The molecule has 0 saturated carbocycles. The fourth-order valence-corrected chi connectivity index (χ4v) is 6.30. The lowest BCUT2D eigenvalue weighted by molar-refractivity contribution is -0.166. The van der Waals surface area contributed by atoms with Crippen LogP contribution in [0.2, 0.25) is 0 Å². The smallest absolute Gasteiger partial charge is 0.306 e. The molecule has 354 valence electrons. The first-order chi connectivity index (χ1) is 31.0. The summed E-state index contributed by atoms with van der Waals surface area (Å²) in [4.78, 5) is 37.9. The maximum absolute atomic E-state index is 12.8. The van der Waals surface area contributed by atoms with Gasteiger partial charge in [-0.05, 0) is 89.9 Å². The molecule has 6 heteroatoms. The maximum Gasteiger partial charge on any atom is 0.306 e. The summed E-state index contributed by atoms with van der Waals surface area (Å²) < 4.78 is 16.7. The molecule has 0 saturated heterocycles. The third-order valence-electron chi connectivity index (χ3n) is 10.0. The van der Waals surface area contributed by atoms with Gasteiger partial charge in [0.15, 0.2) is 6.10 Å². The van der Waals surface area contributed by atoms with Crippen molar-refractivity contribution in [3.8, 4) is 0 Å². The summed E-state index contributed by atoms with van der Waals surface area (Å²) in [6.45, 7) is 6.31. The van der Waals surface area contributed by atoms with Crippen LogP contribution in [0, 0.1) is 0 Å². The number of ether oxygens (including phenoxy) is 3. The van der Waals surface area contributed by atoms with Crippen LogP contribution in [0.25, 0.3) is 0 Å². The summed E-state index contributed by atoms with van der Waals surface area (Å²) in [5, 5.41) is 0. The summed E-state index contributed by atoms with van der Waals surface area (Å²) in [6, 6.07) is 0. The highest BCUT2D eigenvalue weighted by molar-refractivity contribution is 5.71. The second kappa shape index (κ2) is 50.5. The van der Waals surface area contributed by atoms with Crippen LogP contribution in [0.4, 0.5) is 0 Å². The first-order valence-electron chi connectivity index (χ1n) is 25.1. The molecule has 0 spiro atoms. The number of hydrogen-bond donors (Lipinski definition) is 0. The van der Waals surface area contributed by atoms with E-state index in [9.17, 15) is 14.4 Å². The lowest BCUT2D eigenvalue weighted by Crippen LogP contribution is -2.30. The van der Waals surface area contributed by atoms with Gasteiger partial charge in [0, 0.05) is 19.3 Å². The number of carbonyl (C=O) groups is 3. The molecule has 0 aromatic carbocycles. The minimum atomic E-state index is -0.826. The molecule has 0 aliphatic heterocycles. The average molecular weight is 871 g/mol. The third kappa shape index (κ3) is 48.7. The Kier molecular flexibility index (Phi) is 47.1. The standard InChI is InChI=1S/C57H90O6/c1-4-7-10-13-16-19-22-25-27-28-29-30-33-35-38-41-44-47-50-56(59)62-53-54(52-61-55(58)49-46-43-40-37-34-31-24-21-18-15-12-9-6-3)63-57(60)51-48-45-42-39-36-32-26-23-20-17-14-11-8-5-2/h8,10-11,13,16-17,19-20,22,25-32,34,40,43,54H,4-7,9,12,14-15,18,21,23-24,33,35-39,41-42,44-53H2,1-3H3/b11-8+,13-10+,19-16+,20-17+,25-22+,28-27+,30-29+,32-26+,34-31+,43-40+. The zero-order valence-corrected chi connectivity index (χ0v) is 40.3. The number of esters is 3. The van der Waals surface area contributed by atoms with Crippen molar-refractivity contribution >= 4 is 17.9 Å². The number of carbonyl (C=O) groups excluding carboxylic acids is 3. The van der Waals surface area contributed by atoms with Crippen molar-refractivity contribution in [2.75, 3.05) is 13.2 Å². The molecule has 1 unspecified atom stereocenters. The Balaban J connectivity index is 4.56. The molecule has 0 aliphatic rings. The van der Waals surface area contributed by atoms with E-state index in [2.05, 4.69) is 99.8 Å². The van der Waals surface area contributed by atoms with Gasteiger partial charge in [-0.1, -0.05) is 213 Å². The summed E-state index contributed by atoms with van der Waals surface area (Å²) >= 11 is 0. The van der Waals surface area contributed by atoms with Gasteiger partial charge in [0.05, 0.1) is 0 Å². The summed E-state index contributed by atoms with van der Waals surface area (Å²) in [6.07, 6.45) is 69.0. The van der Waals surface area contributed by atoms with E-state index in [1.165, 1.54) is 44.9 Å². The number of rotatable bonds is 43. The van der Waals surface area contributed by atoms with Gasteiger partial charge in [-0.2, -0.15) is 0 Å². The van der Waals surface area contributed by atoms with Crippen molar-refractivity contribution in [3.05, 3.63) is 122 Å². The molecule has 63 heavy (non-hydrogen) atoms.